The van der Waals surface area contributed by atoms with Crippen LogP contribution in [-0.4, -0.2) is 9.97 Å². The predicted octanol–water partition coefficient (Wildman–Crippen LogP) is 10.6. The maximum atomic E-state index is 6.43. The number of hydrogen-bond acceptors (Lipinski definition) is 4. The van der Waals surface area contributed by atoms with Gasteiger partial charge in [-0.15, -0.1) is 71.8 Å². The number of fused-ring (bicyclic) bond motifs is 7. The Kier molecular flexibility index (Phi) is 7.79. The molecule has 4 heterocycles. The molecule has 0 aliphatic rings. The second kappa shape index (κ2) is 12.3. The molecule has 0 bridgehead atoms. The Morgan fingerprint density at radius 1 is 0.489 bits per heavy atom. The average molecular weight is 757 g/mol. The van der Waals surface area contributed by atoms with E-state index >= 15 is 0 Å². The largest absolute Gasteiger partial charge is 0.456 e. The van der Waals surface area contributed by atoms with Crippen LogP contribution in [0, 0.1) is 12.1 Å². The van der Waals surface area contributed by atoms with Crippen molar-refractivity contribution in [3.05, 3.63) is 158 Å². The molecule has 9 rings (SSSR count). The fourth-order valence-electron chi connectivity index (χ4n) is 5.69. The molecular weight excluding hydrogens is 733 g/mol. The molecule has 9 aromatic rings. The van der Waals surface area contributed by atoms with E-state index in [1.54, 1.807) is 6.20 Å². The number of aromatic nitrogens is 2. The Morgan fingerprint density at radius 2 is 1.11 bits per heavy atom. The van der Waals surface area contributed by atoms with Crippen molar-refractivity contribution in [1.82, 2.24) is 9.97 Å². The third-order valence-corrected chi connectivity index (χ3v) is 7.70. The molecule has 0 N–H and O–H groups in total. The summed E-state index contributed by atoms with van der Waals surface area (Å²) in [6.45, 7) is 0. The van der Waals surface area contributed by atoms with Crippen molar-refractivity contribution in [1.29, 1.82) is 0 Å². The van der Waals surface area contributed by atoms with Gasteiger partial charge in [0.25, 0.3) is 0 Å². The molecule has 0 aliphatic carbocycles. The number of rotatable bonds is 3. The SMILES string of the molecule is [Ir].[c-]1ccccc1-c1cc(-c2cc3oc4ccccc4c3c3oc4ccccc4c23)ccn1.[c-]1ccccc1-c1ccccn1. The van der Waals surface area contributed by atoms with Crippen LogP contribution < -0.4 is 0 Å². The minimum absolute atomic E-state index is 0. The second-order valence-electron chi connectivity index (χ2n) is 10.4. The Hall–Kier alpha value is -5.35. The van der Waals surface area contributed by atoms with Gasteiger partial charge in [-0.2, -0.15) is 0 Å². The van der Waals surface area contributed by atoms with Gasteiger partial charge in [0, 0.05) is 48.7 Å². The Bertz CT molecular complexity index is 2340. The molecule has 4 aromatic heterocycles. The molecule has 0 spiro atoms. The molecule has 0 atom stereocenters. The van der Waals surface area contributed by atoms with E-state index in [1.165, 1.54) is 0 Å². The van der Waals surface area contributed by atoms with E-state index in [-0.39, 0.29) is 20.1 Å². The van der Waals surface area contributed by atoms with E-state index in [2.05, 4.69) is 52.4 Å². The summed E-state index contributed by atoms with van der Waals surface area (Å²) in [5.74, 6) is 0. The first-order valence-corrected chi connectivity index (χ1v) is 14.4. The van der Waals surface area contributed by atoms with Crippen LogP contribution >= 0.6 is 0 Å². The minimum atomic E-state index is 0. The van der Waals surface area contributed by atoms with Crippen LogP contribution in [0.2, 0.25) is 0 Å². The molecule has 0 aliphatic heterocycles. The quantitative estimate of drug-likeness (QED) is 0.169. The summed E-state index contributed by atoms with van der Waals surface area (Å²) in [6, 6.07) is 50.6. The molecule has 0 unspecified atom stereocenters. The molecule has 0 fully saturated rings. The minimum Gasteiger partial charge on any atom is -0.456 e. The number of benzene rings is 5. The second-order valence-corrected chi connectivity index (χ2v) is 10.4. The summed E-state index contributed by atoms with van der Waals surface area (Å²) in [7, 11) is 0. The fraction of sp³-hybridized carbons (Fsp3) is 0. The number of pyridine rings is 2. The van der Waals surface area contributed by atoms with E-state index in [4.69, 9.17) is 8.83 Å². The Labute approximate surface area is 273 Å². The molecule has 0 saturated heterocycles. The summed E-state index contributed by atoms with van der Waals surface area (Å²) in [6.07, 6.45) is 3.64. The molecular formula is C40H24IrN2O2-2. The van der Waals surface area contributed by atoms with Gasteiger partial charge >= 0.3 is 0 Å². The third-order valence-electron chi connectivity index (χ3n) is 7.70. The van der Waals surface area contributed by atoms with Crippen molar-refractivity contribution < 1.29 is 28.9 Å². The molecule has 0 saturated carbocycles. The molecule has 1 radical (unpaired) electrons. The van der Waals surface area contributed by atoms with Crippen molar-refractivity contribution >= 4 is 43.9 Å². The number of para-hydroxylation sites is 2. The first-order chi connectivity index (χ1) is 21.8. The van der Waals surface area contributed by atoms with Gasteiger partial charge in [0.05, 0.1) is 5.39 Å². The van der Waals surface area contributed by atoms with E-state index in [0.29, 0.717) is 0 Å². The zero-order chi connectivity index (χ0) is 29.3. The Balaban J connectivity index is 0.000000211. The summed E-state index contributed by atoms with van der Waals surface area (Å²) < 4.78 is 12.7. The van der Waals surface area contributed by atoms with Gasteiger partial charge in [0.1, 0.15) is 22.3 Å². The fourth-order valence-corrected chi connectivity index (χ4v) is 5.69. The van der Waals surface area contributed by atoms with Crippen molar-refractivity contribution in [3.8, 4) is 33.6 Å². The number of hydrogen-bond donors (Lipinski definition) is 0. The van der Waals surface area contributed by atoms with Crippen LogP contribution in [0.15, 0.2) is 155 Å². The number of furan rings is 2. The zero-order valence-corrected chi connectivity index (χ0v) is 26.3. The molecule has 4 nitrogen and oxygen atoms in total. The standard InChI is InChI=1S/C29H16NO2.C11H8N.Ir/c1-2-8-18(9-3-1)23-16-19(14-15-30-23)22-17-26-28(21-11-5-6-12-24(21)31-26)29-27(22)20-10-4-7-13-25(20)32-29;1-2-6-10(7-3-1)11-8-4-5-9-12-11;/h1-8,10-17H;1-6,8-9H;/q2*-1;. The van der Waals surface area contributed by atoms with Crippen molar-refractivity contribution in [2.45, 2.75) is 0 Å². The monoisotopic (exact) mass is 757 g/mol. The van der Waals surface area contributed by atoms with Gasteiger partial charge in [0.15, 0.2) is 0 Å². The van der Waals surface area contributed by atoms with E-state index < -0.39 is 0 Å². The van der Waals surface area contributed by atoms with Crippen LogP contribution in [-0.2, 0) is 20.1 Å². The summed E-state index contributed by atoms with van der Waals surface area (Å²) in [5.41, 5.74) is 9.38. The van der Waals surface area contributed by atoms with Gasteiger partial charge < -0.3 is 18.8 Å². The van der Waals surface area contributed by atoms with Gasteiger partial charge in [0.2, 0.25) is 0 Å². The molecule has 5 aromatic carbocycles. The molecule has 217 valence electrons. The van der Waals surface area contributed by atoms with Crippen molar-refractivity contribution in [2.24, 2.45) is 0 Å². The van der Waals surface area contributed by atoms with Gasteiger partial charge in [-0.05, 0) is 52.8 Å². The smallest absolute Gasteiger partial charge is 0.147 e. The third kappa shape index (κ3) is 5.33. The van der Waals surface area contributed by atoms with Crippen molar-refractivity contribution in [2.75, 3.05) is 0 Å². The summed E-state index contributed by atoms with van der Waals surface area (Å²) in [4.78, 5) is 8.80. The van der Waals surface area contributed by atoms with Crippen LogP contribution in [0.3, 0.4) is 0 Å². The van der Waals surface area contributed by atoms with Crippen LogP contribution in [0.4, 0.5) is 0 Å². The molecule has 0 amide bonds. The first kappa shape index (κ1) is 28.4. The van der Waals surface area contributed by atoms with Gasteiger partial charge in [-0.25, -0.2) is 0 Å². The normalized spacial score (nSPS) is 10.9. The van der Waals surface area contributed by atoms with Gasteiger partial charge in [-0.1, -0.05) is 54.6 Å². The number of nitrogens with zero attached hydrogens (tertiary/aromatic N) is 2. The van der Waals surface area contributed by atoms with E-state index in [1.807, 2.05) is 109 Å². The van der Waals surface area contributed by atoms with E-state index in [9.17, 15) is 0 Å². The van der Waals surface area contributed by atoms with E-state index in [0.717, 1.165) is 77.5 Å². The maximum Gasteiger partial charge on any atom is 0.147 e. The van der Waals surface area contributed by atoms with Crippen LogP contribution in [0.1, 0.15) is 0 Å². The van der Waals surface area contributed by atoms with Gasteiger partial charge in [-0.3, -0.25) is 0 Å². The summed E-state index contributed by atoms with van der Waals surface area (Å²) in [5, 5.41) is 4.26. The maximum absolute atomic E-state index is 6.43. The van der Waals surface area contributed by atoms with Crippen molar-refractivity contribution in [3.63, 3.8) is 0 Å². The first-order valence-electron chi connectivity index (χ1n) is 14.4. The molecule has 5 heteroatoms. The van der Waals surface area contributed by atoms with Crippen LogP contribution in [0.5, 0.6) is 0 Å². The van der Waals surface area contributed by atoms with Crippen LogP contribution in [0.25, 0.3) is 77.5 Å². The Morgan fingerprint density at radius 3 is 1.80 bits per heavy atom. The topological polar surface area (TPSA) is 52.1 Å². The summed E-state index contributed by atoms with van der Waals surface area (Å²) >= 11 is 0. The zero-order valence-electron chi connectivity index (χ0n) is 23.9. The average Bonchev–Trinajstić information content (AvgIpc) is 3.68. The molecule has 45 heavy (non-hydrogen) atoms. The predicted molar refractivity (Wildman–Crippen MR) is 177 cm³/mol.